The van der Waals surface area contributed by atoms with Gasteiger partial charge in [-0.15, -0.1) is 0 Å². The van der Waals surface area contributed by atoms with Crippen LogP contribution in [-0.4, -0.2) is 13.0 Å². The first-order chi connectivity index (χ1) is 12.9. The van der Waals surface area contributed by atoms with E-state index in [2.05, 4.69) is 32.2 Å². The number of rotatable bonds is 4. The van der Waals surface area contributed by atoms with Gasteiger partial charge < -0.3 is 10.1 Å². The Morgan fingerprint density at radius 1 is 1.00 bits per heavy atom. The smallest absolute Gasteiger partial charge is 0.416 e. The van der Waals surface area contributed by atoms with E-state index in [1.807, 2.05) is 19.1 Å². The minimum absolute atomic E-state index is 0.0171. The standard InChI is InChI=1S/C22H24F3NO2/c1-14(13-21(2,3)4)15-6-8-16(9-7-15)20(27)26-18-10-17(22(23,24)25)11-19(12-18)28-5/h6-13H,1-5H3,(H,26,27). The highest BCUT2D eigenvalue weighted by atomic mass is 19.4. The van der Waals surface area contributed by atoms with Crippen LogP contribution in [0.3, 0.4) is 0 Å². The van der Waals surface area contributed by atoms with Gasteiger partial charge in [0.1, 0.15) is 5.75 Å². The molecule has 2 aromatic carbocycles. The maximum absolute atomic E-state index is 13.0. The van der Waals surface area contributed by atoms with Crippen molar-refractivity contribution in [3.63, 3.8) is 0 Å². The van der Waals surface area contributed by atoms with Crippen LogP contribution >= 0.6 is 0 Å². The fourth-order valence-electron chi connectivity index (χ4n) is 2.77. The third-order valence-corrected chi connectivity index (χ3v) is 3.98. The van der Waals surface area contributed by atoms with E-state index in [0.717, 1.165) is 23.3 Å². The summed E-state index contributed by atoms with van der Waals surface area (Å²) in [5, 5.41) is 2.50. The topological polar surface area (TPSA) is 38.3 Å². The third-order valence-electron chi connectivity index (χ3n) is 3.98. The van der Waals surface area contributed by atoms with Crippen molar-refractivity contribution >= 4 is 17.2 Å². The number of ether oxygens (including phenoxy) is 1. The van der Waals surface area contributed by atoms with Crippen LogP contribution in [0.25, 0.3) is 5.57 Å². The summed E-state index contributed by atoms with van der Waals surface area (Å²) in [4.78, 5) is 12.4. The van der Waals surface area contributed by atoms with Crippen LogP contribution in [0.5, 0.6) is 5.75 Å². The number of allylic oxidation sites excluding steroid dienone is 2. The van der Waals surface area contributed by atoms with E-state index in [1.54, 1.807) is 12.1 Å². The molecule has 0 radical (unpaired) electrons. The second-order valence-electron chi connectivity index (χ2n) is 7.67. The van der Waals surface area contributed by atoms with Gasteiger partial charge in [0.05, 0.1) is 12.7 Å². The molecule has 0 unspecified atom stereocenters. The SMILES string of the molecule is COc1cc(NC(=O)c2ccc(C(C)=CC(C)(C)C)cc2)cc(C(F)(F)F)c1. The average molecular weight is 391 g/mol. The number of methoxy groups -OCH3 is 1. The lowest BCUT2D eigenvalue weighted by molar-refractivity contribution is -0.137. The number of carbonyl (C=O) groups excluding carboxylic acids is 1. The molecule has 0 bridgehead atoms. The van der Waals surface area contributed by atoms with Crippen molar-refractivity contribution in [2.75, 3.05) is 12.4 Å². The molecule has 0 saturated carbocycles. The third kappa shape index (κ3) is 5.87. The van der Waals surface area contributed by atoms with E-state index in [-0.39, 0.29) is 16.9 Å². The molecule has 3 nitrogen and oxygen atoms in total. The lowest BCUT2D eigenvalue weighted by Gasteiger charge is -2.15. The second-order valence-corrected chi connectivity index (χ2v) is 7.67. The Labute approximate surface area is 163 Å². The minimum Gasteiger partial charge on any atom is -0.497 e. The highest BCUT2D eigenvalue weighted by Gasteiger charge is 2.31. The average Bonchev–Trinajstić information content (AvgIpc) is 2.59. The van der Waals surface area contributed by atoms with Crippen molar-refractivity contribution in [1.29, 1.82) is 0 Å². The Hall–Kier alpha value is -2.76. The summed E-state index contributed by atoms with van der Waals surface area (Å²) in [6, 6.07) is 10.0. The van der Waals surface area contributed by atoms with E-state index in [4.69, 9.17) is 4.74 Å². The van der Waals surface area contributed by atoms with Crippen LogP contribution in [0.2, 0.25) is 0 Å². The molecule has 6 heteroatoms. The van der Waals surface area contributed by atoms with E-state index < -0.39 is 17.6 Å². The number of anilines is 1. The molecule has 0 spiro atoms. The molecule has 150 valence electrons. The van der Waals surface area contributed by atoms with E-state index >= 15 is 0 Å². The van der Waals surface area contributed by atoms with Gasteiger partial charge in [0.2, 0.25) is 0 Å². The molecule has 0 aliphatic carbocycles. The summed E-state index contributed by atoms with van der Waals surface area (Å²) in [6.07, 6.45) is -2.40. The summed E-state index contributed by atoms with van der Waals surface area (Å²) in [6.45, 7) is 8.29. The van der Waals surface area contributed by atoms with Gasteiger partial charge in [-0.25, -0.2) is 0 Å². The molecule has 2 aromatic rings. The van der Waals surface area contributed by atoms with Crippen LogP contribution in [0.4, 0.5) is 18.9 Å². The van der Waals surface area contributed by atoms with Gasteiger partial charge in [-0.1, -0.05) is 39.0 Å². The molecule has 0 saturated heterocycles. The quantitative estimate of drug-likeness (QED) is 0.653. The highest BCUT2D eigenvalue weighted by Crippen LogP contribution is 2.34. The van der Waals surface area contributed by atoms with Gasteiger partial charge >= 0.3 is 6.18 Å². The van der Waals surface area contributed by atoms with Crippen molar-refractivity contribution in [1.82, 2.24) is 0 Å². The number of carbonyl (C=O) groups is 1. The Bertz CT molecular complexity index is 876. The number of nitrogens with one attached hydrogen (secondary N) is 1. The fraction of sp³-hybridized carbons (Fsp3) is 0.318. The maximum Gasteiger partial charge on any atom is 0.416 e. The molecule has 1 N–H and O–H groups in total. The predicted molar refractivity (Wildman–Crippen MR) is 105 cm³/mol. The molecule has 0 atom stereocenters. The summed E-state index contributed by atoms with van der Waals surface area (Å²) in [5.74, 6) is -0.478. The van der Waals surface area contributed by atoms with Crippen molar-refractivity contribution in [2.45, 2.75) is 33.9 Å². The fourth-order valence-corrected chi connectivity index (χ4v) is 2.77. The molecule has 1 amide bonds. The molecular weight excluding hydrogens is 367 g/mol. The van der Waals surface area contributed by atoms with E-state index in [1.165, 1.54) is 13.2 Å². The summed E-state index contributed by atoms with van der Waals surface area (Å²) in [5.41, 5.74) is 1.57. The highest BCUT2D eigenvalue weighted by molar-refractivity contribution is 6.04. The van der Waals surface area contributed by atoms with Crippen LogP contribution in [0.1, 0.15) is 49.2 Å². The normalized spacial score (nSPS) is 12.6. The van der Waals surface area contributed by atoms with Crippen LogP contribution in [0.15, 0.2) is 48.5 Å². The first-order valence-electron chi connectivity index (χ1n) is 8.76. The van der Waals surface area contributed by atoms with Crippen molar-refractivity contribution in [3.8, 4) is 5.75 Å². The van der Waals surface area contributed by atoms with E-state index in [9.17, 15) is 18.0 Å². The zero-order chi connectivity index (χ0) is 21.1. The first kappa shape index (κ1) is 21.5. The predicted octanol–water partition coefficient (Wildman–Crippen LogP) is 6.42. The number of hydrogen-bond acceptors (Lipinski definition) is 2. The Morgan fingerprint density at radius 2 is 1.57 bits per heavy atom. The lowest BCUT2D eigenvalue weighted by atomic mass is 9.91. The van der Waals surface area contributed by atoms with Crippen LogP contribution in [0, 0.1) is 5.41 Å². The van der Waals surface area contributed by atoms with Crippen molar-refractivity contribution in [3.05, 3.63) is 65.2 Å². The molecule has 0 aromatic heterocycles. The van der Waals surface area contributed by atoms with Gasteiger partial charge in [0.25, 0.3) is 5.91 Å². The van der Waals surface area contributed by atoms with Gasteiger partial charge in [0, 0.05) is 17.3 Å². The number of halogens is 3. The van der Waals surface area contributed by atoms with Crippen molar-refractivity contribution in [2.24, 2.45) is 5.41 Å². The van der Waals surface area contributed by atoms with Gasteiger partial charge in [-0.2, -0.15) is 13.2 Å². The first-order valence-corrected chi connectivity index (χ1v) is 8.76. The molecule has 2 rings (SSSR count). The number of amides is 1. The Kier molecular flexibility index (Phi) is 6.22. The summed E-state index contributed by atoms with van der Waals surface area (Å²) >= 11 is 0. The van der Waals surface area contributed by atoms with E-state index in [0.29, 0.717) is 5.56 Å². The molecule has 0 aliphatic heterocycles. The molecule has 0 aliphatic rings. The van der Waals surface area contributed by atoms with Gasteiger partial charge in [-0.05, 0) is 47.7 Å². The Morgan fingerprint density at radius 3 is 2.07 bits per heavy atom. The number of benzene rings is 2. The number of alkyl halides is 3. The molecular formula is C22H24F3NO2. The summed E-state index contributed by atoms with van der Waals surface area (Å²) in [7, 11) is 1.27. The monoisotopic (exact) mass is 391 g/mol. The van der Waals surface area contributed by atoms with Crippen LogP contribution < -0.4 is 10.1 Å². The Balaban J connectivity index is 2.23. The molecule has 28 heavy (non-hydrogen) atoms. The zero-order valence-electron chi connectivity index (χ0n) is 16.6. The zero-order valence-corrected chi connectivity index (χ0v) is 16.6. The van der Waals surface area contributed by atoms with Crippen LogP contribution in [-0.2, 0) is 6.18 Å². The molecule has 0 heterocycles. The maximum atomic E-state index is 13.0. The largest absolute Gasteiger partial charge is 0.497 e. The van der Waals surface area contributed by atoms with Gasteiger partial charge in [0.15, 0.2) is 0 Å². The second kappa shape index (κ2) is 8.09. The minimum atomic E-state index is -4.54. The molecule has 0 fully saturated rings. The lowest BCUT2D eigenvalue weighted by Crippen LogP contribution is -2.13. The van der Waals surface area contributed by atoms with Gasteiger partial charge in [-0.3, -0.25) is 4.79 Å². The van der Waals surface area contributed by atoms with Crippen molar-refractivity contribution < 1.29 is 22.7 Å². The number of hydrogen-bond donors (Lipinski definition) is 1. The summed E-state index contributed by atoms with van der Waals surface area (Å²) < 4.78 is 43.9.